The second-order valence-electron chi connectivity index (χ2n) is 7.12. The van der Waals surface area contributed by atoms with Gasteiger partial charge in [0.25, 0.3) is 0 Å². The highest BCUT2D eigenvalue weighted by molar-refractivity contribution is 6.12. The average Bonchev–Trinajstić information content (AvgIpc) is 3.35. The zero-order valence-corrected chi connectivity index (χ0v) is 17.5. The molecule has 0 aliphatic carbocycles. The van der Waals surface area contributed by atoms with Crippen molar-refractivity contribution in [2.45, 2.75) is 6.42 Å². The fourth-order valence-corrected chi connectivity index (χ4v) is 3.28. The van der Waals surface area contributed by atoms with Crippen molar-refractivity contribution in [3.05, 3.63) is 84.4 Å². The van der Waals surface area contributed by atoms with E-state index in [9.17, 15) is 18.8 Å². The number of hydrogen-bond acceptors (Lipinski definition) is 6. The number of carbonyl (C=O) groups excluding carboxylic acids is 2. The Bertz CT molecular complexity index is 1370. The molecule has 2 amide bonds. The van der Waals surface area contributed by atoms with Crippen molar-refractivity contribution < 1.29 is 23.9 Å². The van der Waals surface area contributed by atoms with Crippen LogP contribution < -0.4 is 10.6 Å². The lowest BCUT2D eigenvalue weighted by molar-refractivity contribution is -0.115. The van der Waals surface area contributed by atoms with E-state index in [4.69, 9.17) is 5.11 Å². The van der Waals surface area contributed by atoms with Gasteiger partial charge in [-0.2, -0.15) is 0 Å². The molecule has 0 aliphatic rings. The first-order valence-electron chi connectivity index (χ1n) is 9.96. The molecule has 0 aliphatic heterocycles. The number of Topliss-reactive ketones (excluding diaryl/α,β-unsaturated/α-hetero) is 1. The number of nitrogens with zero attached hydrogens (tertiary/aromatic N) is 4. The third-order valence-corrected chi connectivity index (χ3v) is 4.82. The smallest absolute Gasteiger partial charge is 0.409 e. The maximum atomic E-state index is 14.2. The lowest BCUT2D eigenvalue weighted by atomic mass is 10.0. The summed E-state index contributed by atoms with van der Waals surface area (Å²) >= 11 is 0. The van der Waals surface area contributed by atoms with E-state index in [0.29, 0.717) is 11.3 Å². The van der Waals surface area contributed by atoms with Gasteiger partial charge in [-0.25, -0.2) is 13.9 Å². The van der Waals surface area contributed by atoms with Gasteiger partial charge < -0.3 is 10.4 Å². The monoisotopic (exact) mass is 460 g/mol. The van der Waals surface area contributed by atoms with Crippen LogP contribution >= 0.6 is 0 Å². The zero-order valence-electron chi connectivity index (χ0n) is 17.5. The molecule has 3 aromatic carbocycles. The number of carbonyl (C=O) groups is 3. The molecule has 0 bridgehead atoms. The van der Waals surface area contributed by atoms with Crippen molar-refractivity contribution >= 4 is 29.2 Å². The van der Waals surface area contributed by atoms with Crippen molar-refractivity contribution in [3.63, 3.8) is 0 Å². The van der Waals surface area contributed by atoms with E-state index in [1.165, 1.54) is 35.3 Å². The summed E-state index contributed by atoms with van der Waals surface area (Å²) in [7, 11) is 0. The molecule has 170 valence electrons. The summed E-state index contributed by atoms with van der Waals surface area (Å²) in [6.07, 6.45) is -0.477. The van der Waals surface area contributed by atoms with Crippen LogP contribution in [0.5, 0.6) is 0 Å². The molecule has 0 unspecified atom stereocenters. The van der Waals surface area contributed by atoms with Crippen LogP contribution in [0.2, 0.25) is 0 Å². The van der Waals surface area contributed by atoms with E-state index in [1.807, 2.05) is 0 Å². The molecular formula is C23H17FN6O4. The lowest BCUT2D eigenvalue weighted by Crippen LogP contribution is -2.18. The predicted molar refractivity (Wildman–Crippen MR) is 120 cm³/mol. The molecule has 3 N–H and O–H groups in total. The maximum Gasteiger partial charge on any atom is 0.409 e. The molecule has 0 saturated heterocycles. The van der Waals surface area contributed by atoms with Gasteiger partial charge in [-0.05, 0) is 46.3 Å². The second kappa shape index (κ2) is 9.69. The highest BCUT2D eigenvalue weighted by Gasteiger charge is 2.16. The van der Waals surface area contributed by atoms with Gasteiger partial charge in [0.1, 0.15) is 12.1 Å². The lowest BCUT2D eigenvalue weighted by Gasteiger charge is -2.13. The summed E-state index contributed by atoms with van der Waals surface area (Å²) in [4.78, 5) is 36.5. The molecular weight excluding hydrogens is 443 g/mol. The molecule has 1 heterocycles. The Morgan fingerprint density at radius 3 is 2.50 bits per heavy atom. The minimum atomic E-state index is -1.34. The number of aromatic nitrogens is 4. The van der Waals surface area contributed by atoms with Crippen LogP contribution in [-0.2, 0) is 4.79 Å². The van der Waals surface area contributed by atoms with Crippen molar-refractivity contribution in [1.29, 1.82) is 0 Å². The Hall–Kier alpha value is -4.93. The number of anilines is 2. The number of tetrazole rings is 1. The first-order chi connectivity index (χ1) is 16.4. The van der Waals surface area contributed by atoms with Crippen LogP contribution in [0.4, 0.5) is 20.6 Å². The van der Waals surface area contributed by atoms with E-state index in [1.54, 1.807) is 42.5 Å². The van der Waals surface area contributed by atoms with Gasteiger partial charge in [0.05, 0.1) is 23.5 Å². The van der Waals surface area contributed by atoms with Gasteiger partial charge in [-0.3, -0.25) is 14.9 Å². The van der Waals surface area contributed by atoms with Crippen LogP contribution in [0.3, 0.4) is 0 Å². The fraction of sp³-hybridized carbons (Fsp3) is 0.0435. The molecule has 34 heavy (non-hydrogen) atoms. The standard InChI is InChI=1S/C23H17FN6O4/c24-18-7-2-1-6-17(18)14-8-9-19(27-23(33)34)20(11-14)26-22(32)12-21(31)15-4-3-5-16(10-15)30-13-25-28-29-30/h1-11,13,27H,12H2,(H,26,32)(H,33,34). The summed E-state index contributed by atoms with van der Waals surface area (Å²) in [6, 6.07) is 16.8. The topological polar surface area (TPSA) is 139 Å². The first-order valence-corrected chi connectivity index (χ1v) is 9.96. The van der Waals surface area contributed by atoms with Crippen LogP contribution in [-0.4, -0.2) is 43.1 Å². The average molecular weight is 460 g/mol. The zero-order chi connectivity index (χ0) is 24.1. The number of nitrogens with one attached hydrogen (secondary N) is 2. The molecule has 11 heteroatoms. The summed E-state index contributed by atoms with van der Waals surface area (Å²) in [6.45, 7) is 0. The largest absolute Gasteiger partial charge is 0.465 e. The van der Waals surface area contributed by atoms with Crippen LogP contribution in [0.1, 0.15) is 16.8 Å². The number of rotatable bonds is 7. The van der Waals surface area contributed by atoms with Gasteiger partial charge in [-0.15, -0.1) is 5.10 Å². The van der Waals surface area contributed by atoms with Crippen molar-refractivity contribution in [2.75, 3.05) is 10.6 Å². The van der Waals surface area contributed by atoms with Crippen LogP contribution in [0, 0.1) is 5.82 Å². The minimum absolute atomic E-state index is 0.0778. The number of carboxylic acid groups (broad SMARTS) is 1. The quantitative estimate of drug-likeness (QED) is 0.282. The highest BCUT2D eigenvalue weighted by Crippen LogP contribution is 2.31. The molecule has 0 atom stereocenters. The van der Waals surface area contributed by atoms with E-state index in [0.717, 1.165) is 0 Å². The van der Waals surface area contributed by atoms with Crippen molar-refractivity contribution in [2.24, 2.45) is 0 Å². The summed E-state index contributed by atoms with van der Waals surface area (Å²) in [5.74, 6) is -1.61. The molecule has 0 spiro atoms. The Balaban J connectivity index is 1.55. The highest BCUT2D eigenvalue weighted by atomic mass is 19.1. The Labute approximate surface area is 192 Å². The summed E-state index contributed by atoms with van der Waals surface area (Å²) in [5, 5.41) is 24.7. The van der Waals surface area contributed by atoms with Gasteiger partial charge in [-0.1, -0.05) is 36.4 Å². The summed E-state index contributed by atoms with van der Waals surface area (Å²) in [5.41, 5.74) is 1.67. The third kappa shape index (κ3) is 5.10. The molecule has 4 aromatic rings. The number of amides is 2. The molecule has 10 nitrogen and oxygen atoms in total. The number of hydrogen-bond donors (Lipinski definition) is 3. The van der Waals surface area contributed by atoms with E-state index in [2.05, 4.69) is 26.2 Å². The fourth-order valence-electron chi connectivity index (χ4n) is 3.28. The number of ketones is 1. The molecule has 1 aromatic heterocycles. The molecule has 4 rings (SSSR count). The predicted octanol–water partition coefficient (Wildman–Crippen LogP) is 3.77. The first kappa shape index (κ1) is 22.3. The summed E-state index contributed by atoms with van der Waals surface area (Å²) < 4.78 is 15.6. The van der Waals surface area contributed by atoms with Crippen molar-refractivity contribution in [1.82, 2.24) is 20.2 Å². The van der Waals surface area contributed by atoms with Gasteiger partial charge in [0, 0.05) is 11.1 Å². The van der Waals surface area contributed by atoms with Crippen molar-refractivity contribution in [3.8, 4) is 16.8 Å². The van der Waals surface area contributed by atoms with E-state index in [-0.39, 0.29) is 22.5 Å². The Kier molecular flexibility index (Phi) is 6.35. The van der Waals surface area contributed by atoms with Gasteiger partial charge >= 0.3 is 6.09 Å². The Morgan fingerprint density at radius 2 is 1.76 bits per heavy atom. The number of halogens is 1. The molecule has 0 radical (unpaired) electrons. The number of benzene rings is 3. The van der Waals surface area contributed by atoms with E-state index >= 15 is 0 Å². The van der Waals surface area contributed by atoms with Crippen LogP contribution in [0.15, 0.2) is 73.1 Å². The minimum Gasteiger partial charge on any atom is -0.465 e. The van der Waals surface area contributed by atoms with Crippen LogP contribution in [0.25, 0.3) is 16.8 Å². The normalized spacial score (nSPS) is 10.5. The molecule has 0 fully saturated rings. The van der Waals surface area contributed by atoms with E-state index < -0.39 is 30.0 Å². The molecule has 0 saturated carbocycles. The van der Waals surface area contributed by atoms with Gasteiger partial charge in [0.15, 0.2) is 5.78 Å². The third-order valence-electron chi connectivity index (χ3n) is 4.82. The Morgan fingerprint density at radius 1 is 0.941 bits per heavy atom. The maximum absolute atomic E-state index is 14.2. The SMILES string of the molecule is O=C(O)Nc1ccc(-c2ccccc2F)cc1NC(=O)CC(=O)c1cccc(-n2cnnn2)c1. The van der Waals surface area contributed by atoms with Gasteiger partial charge in [0.2, 0.25) is 5.91 Å². The second-order valence-corrected chi connectivity index (χ2v) is 7.12.